The van der Waals surface area contributed by atoms with Gasteiger partial charge in [0, 0.05) is 6.20 Å². The fourth-order valence-electron chi connectivity index (χ4n) is 0.272. The zero-order chi connectivity index (χ0) is 4.41. The summed E-state index contributed by atoms with van der Waals surface area (Å²) in [4.78, 5) is 0. The number of aromatic nitrogens is 2. The maximum Gasteiger partial charge on any atom is 0.0786 e. The van der Waals surface area contributed by atoms with Crippen molar-refractivity contribution >= 4 is 14.7 Å². The molecule has 0 aromatic carbocycles. The average Bonchev–Trinajstić information content (AvgIpc) is 1.86. The summed E-state index contributed by atoms with van der Waals surface area (Å²) in [5.74, 6) is 0. The first kappa shape index (κ1) is 3.82. The molecule has 1 heterocycles. The fraction of sp³-hybridized carbons (Fsp3) is 0. The Morgan fingerprint density at radius 3 is 2.83 bits per heavy atom. The predicted octanol–water partition coefficient (Wildman–Crippen LogP) is -0.0899. The van der Waals surface area contributed by atoms with E-state index in [1.54, 1.807) is 6.20 Å². The molecule has 3 heteroatoms. The molecule has 6 heavy (non-hydrogen) atoms. The third-order valence-electron chi connectivity index (χ3n) is 0.522. The summed E-state index contributed by atoms with van der Waals surface area (Å²) in [6.07, 6.45) is 1.78. The maximum absolute atomic E-state index is 3.75. The lowest BCUT2D eigenvalue weighted by molar-refractivity contribution is 1.11. The molecule has 32 valence electrons. The van der Waals surface area contributed by atoms with Crippen LogP contribution in [0.25, 0.3) is 0 Å². The Balaban J connectivity index is 3.05. The van der Waals surface area contributed by atoms with Crippen molar-refractivity contribution in [2.24, 2.45) is 0 Å². The highest BCUT2D eigenvalue weighted by Crippen LogP contribution is 1.76. The quantitative estimate of drug-likeness (QED) is 0.453. The molecule has 0 bridgehead atoms. The first-order valence-corrected chi connectivity index (χ1v) is 2.22. The maximum atomic E-state index is 3.75. The molecule has 1 aromatic rings. The lowest BCUT2D eigenvalue weighted by Crippen LogP contribution is -1.85. The van der Waals surface area contributed by atoms with Crippen molar-refractivity contribution < 1.29 is 0 Å². The minimum Gasteiger partial charge on any atom is -0.285 e. The Morgan fingerprint density at radius 2 is 2.67 bits per heavy atom. The smallest absolute Gasteiger partial charge is 0.0786 e. The molecule has 1 aromatic heterocycles. The van der Waals surface area contributed by atoms with Gasteiger partial charge >= 0.3 is 0 Å². The van der Waals surface area contributed by atoms with Crippen LogP contribution in [0.5, 0.6) is 0 Å². The molecule has 1 atom stereocenters. The van der Waals surface area contributed by atoms with E-state index in [1.165, 1.54) is 0 Å². The number of hydrogen-bond acceptors (Lipinski definition) is 1. The highest BCUT2D eigenvalue weighted by Gasteiger charge is 1.74. The monoisotopic (exact) mass is 100 g/mol. The lowest BCUT2D eigenvalue weighted by atomic mass is 10.8. The number of nitrogens with zero attached hydrogens (tertiary/aromatic N) is 1. The van der Waals surface area contributed by atoms with Crippen molar-refractivity contribution in [1.29, 1.82) is 0 Å². The van der Waals surface area contributed by atoms with Crippen molar-refractivity contribution in [3.05, 3.63) is 12.3 Å². The van der Waals surface area contributed by atoms with Crippen molar-refractivity contribution in [2.75, 3.05) is 0 Å². The summed E-state index contributed by atoms with van der Waals surface area (Å²) in [5, 5.41) is 6.41. The Bertz CT molecular complexity index is 112. The standard InChI is InChI=1S/C3H5N2P/c6-3-1-2-4-5-3/h1-2H,6H2,(H,4,5). The normalized spacial score (nSPS) is 8.83. The molecule has 0 aliphatic carbocycles. The van der Waals surface area contributed by atoms with Gasteiger partial charge in [0.05, 0.1) is 5.44 Å². The molecule has 0 saturated heterocycles. The van der Waals surface area contributed by atoms with Crippen LogP contribution in [0.1, 0.15) is 0 Å². The molecule has 1 N–H and O–H groups in total. The Morgan fingerprint density at radius 1 is 1.83 bits per heavy atom. The van der Waals surface area contributed by atoms with Crippen molar-refractivity contribution in [2.45, 2.75) is 0 Å². The van der Waals surface area contributed by atoms with Crippen LogP contribution in [-0.2, 0) is 0 Å². The first-order valence-electron chi connectivity index (χ1n) is 1.65. The number of hydrogen-bond donors (Lipinski definition) is 1. The zero-order valence-corrected chi connectivity index (χ0v) is 4.33. The van der Waals surface area contributed by atoms with Gasteiger partial charge in [-0.05, 0) is 6.07 Å². The SMILES string of the molecule is Pc1cc[nH]n1. The van der Waals surface area contributed by atoms with E-state index < -0.39 is 0 Å². The molecule has 1 rings (SSSR count). The molecular weight excluding hydrogens is 95.0 g/mol. The summed E-state index contributed by atoms with van der Waals surface area (Å²) in [7, 11) is 2.47. The summed E-state index contributed by atoms with van der Waals surface area (Å²) >= 11 is 0. The van der Waals surface area contributed by atoms with Gasteiger partial charge in [-0.25, -0.2) is 0 Å². The van der Waals surface area contributed by atoms with Crippen LogP contribution in [0, 0.1) is 0 Å². The summed E-state index contributed by atoms with van der Waals surface area (Å²) in [5.41, 5.74) is 0.954. The topological polar surface area (TPSA) is 28.7 Å². The van der Waals surface area contributed by atoms with Gasteiger partial charge in [-0.15, -0.1) is 0 Å². The lowest BCUT2D eigenvalue weighted by Gasteiger charge is -1.65. The summed E-state index contributed by atoms with van der Waals surface area (Å²) in [6, 6.07) is 1.88. The first-order chi connectivity index (χ1) is 2.89. The van der Waals surface area contributed by atoms with Crippen LogP contribution >= 0.6 is 9.24 Å². The largest absolute Gasteiger partial charge is 0.285 e. The molecule has 0 aliphatic rings. The van der Waals surface area contributed by atoms with E-state index in [2.05, 4.69) is 19.4 Å². The Kier molecular flexibility index (Phi) is 0.887. The molecule has 0 amide bonds. The number of nitrogens with one attached hydrogen (secondary N) is 1. The fourth-order valence-corrected chi connectivity index (χ4v) is 0.442. The summed E-state index contributed by atoms with van der Waals surface area (Å²) in [6.45, 7) is 0. The average molecular weight is 100 g/mol. The second-order valence-electron chi connectivity index (χ2n) is 0.999. The molecule has 0 aliphatic heterocycles. The Labute approximate surface area is 38.2 Å². The van der Waals surface area contributed by atoms with Crippen molar-refractivity contribution in [3.63, 3.8) is 0 Å². The number of rotatable bonds is 0. The second-order valence-corrected chi connectivity index (χ2v) is 1.59. The van der Waals surface area contributed by atoms with Crippen molar-refractivity contribution in [1.82, 2.24) is 10.2 Å². The zero-order valence-electron chi connectivity index (χ0n) is 3.18. The highest BCUT2D eigenvalue weighted by atomic mass is 31.0. The second kappa shape index (κ2) is 1.39. The highest BCUT2D eigenvalue weighted by molar-refractivity contribution is 7.26. The number of H-pyrrole nitrogens is 1. The van der Waals surface area contributed by atoms with Gasteiger partial charge in [0.25, 0.3) is 0 Å². The molecule has 0 saturated carbocycles. The molecule has 0 fully saturated rings. The van der Waals surface area contributed by atoms with E-state index in [9.17, 15) is 0 Å². The van der Waals surface area contributed by atoms with Crippen LogP contribution in [0.3, 0.4) is 0 Å². The van der Waals surface area contributed by atoms with Gasteiger partial charge in [0.2, 0.25) is 0 Å². The molecule has 2 nitrogen and oxygen atoms in total. The van der Waals surface area contributed by atoms with Gasteiger partial charge in [0.1, 0.15) is 0 Å². The predicted molar refractivity (Wildman–Crippen MR) is 27.9 cm³/mol. The molecule has 0 radical (unpaired) electrons. The van der Waals surface area contributed by atoms with E-state index in [0.717, 1.165) is 5.44 Å². The van der Waals surface area contributed by atoms with Crippen LogP contribution in [0.2, 0.25) is 0 Å². The van der Waals surface area contributed by atoms with Crippen molar-refractivity contribution in [3.8, 4) is 0 Å². The van der Waals surface area contributed by atoms with Gasteiger partial charge in [-0.3, -0.25) is 5.10 Å². The summed E-state index contributed by atoms with van der Waals surface area (Å²) < 4.78 is 0. The Hall–Kier alpha value is -0.360. The molecule has 0 spiro atoms. The minimum absolute atomic E-state index is 0.954. The minimum atomic E-state index is 0.954. The van der Waals surface area contributed by atoms with E-state index in [-0.39, 0.29) is 0 Å². The van der Waals surface area contributed by atoms with Crippen LogP contribution in [0.15, 0.2) is 12.3 Å². The molecule has 1 unspecified atom stereocenters. The van der Waals surface area contributed by atoms with Crippen LogP contribution in [0.4, 0.5) is 0 Å². The van der Waals surface area contributed by atoms with E-state index >= 15 is 0 Å². The van der Waals surface area contributed by atoms with Gasteiger partial charge < -0.3 is 0 Å². The number of aromatic amines is 1. The van der Waals surface area contributed by atoms with Gasteiger partial charge in [-0.2, -0.15) is 5.10 Å². The van der Waals surface area contributed by atoms with Gasteiger partial charge in [0.15, 0.2) is 0 Å². The molecular formula is C3H5N2P. The van der Waals surface area contributed by atoms with E-state index in [4.69, 9.17) is 0 Å². The third kappa shape index (κ3) is 0.575. The van der Waals surface area contributed by atoms with Crippen LogP contribution in [-0.4, -0.2) is 10.2 Å². The van der Waals surface area contributed by atoms with E-state index in [1.807, 2.05) is 6.07 Å². The third-order valence-corrected chi connectivity index (χ3v) is 0.844. The van der Waals surface area contributed by atoms with Gasteiger partial charge in [-0.1, -0.05) is 9.24 Å². The van der Waals surface area contributed by atoms with E-state index in [0.29, 0.717) is 0 Å². The van der Waals surface area contributed by atoms with Crippen LogP contribution < -0.4 is 5.44 Å².